The van der Waals surface area contributed by atoms with Crippen LogP contribution in [0.1, 0.15) is 37.6 Å². The van der Waals surface area contributed by atoms with Crippen LogP contribution in [0.15, 0.2) is 23.1 Å². The molecule has 26 heavy (non-hydrogen) atoms. The fourth-order valence-corrected chi connectivity index (χ4v) is 3.08. The SMILES string of the molecule is CC(C)NC(=O)NC(=O)[C@@H](C)OC(=O)c1ccc2c(c1)NC(=O)CCS2. The number of amides is 4. The van der Waals surface area contributed by atoms with Gasteiger partial charge in [0.25, 0.3) is 5.91 Å². The highest BCUT2D eigenvalue weighted by molar-refractivity contribution is 7.99. The summed E-state index contributed by atoms with van der Waals surface area (Å²) in [7, 11) is 0. The maximum absolute atomic E-state index is 12.3. The largest absolute Gasteiger partial charge is 0.449 e. The van der Waals surface area contributed by atoms with Crippen LogP contribution in [0.5, 0.6) is 0 Å². The second kappa shape index (κ2) is 8.70. The third-order valence-corrected chi connectivity index (χ3v) is 4.46. The van der Waals surface area contributed by atoms with Crippen molar-refractivity contribution in [2.24, 2.45) is 0 Å². The minimum Gasteiger partial charge on any atom is -0.449 e. The van der Waals surface area contributed by atoms with E-state index in [1.807, 2.05) is 0 Å². The summed E-state index contributed by atoms with van der Waals surface area (Å²) in [6, 6.07) is 4.03. The van der Waals surface area contributed by atoms with E-state index in [1.165, 1.54) is 24.8 Å². The van der Waals surface area contributed by atoms with Crippen molar-refractivity contribution >= 4 is 41.3 Å². The molecule has 1 aliphatic heterocycles. The summed E-state index contributed by atoms with van der Waals surface area (Å²) in [4.78, 5) is 48.2. The van der Waals surface area contributed by atoms with Gasteiger partial charge in [-0.3, -0.25) is 14.9 Å². The lowest BCUT2D eigenvalue weighted by molar-refractivity contribution is -0.127. The van der Waals surface area contributed by atoms with Crippen LogP contribution < -0.4 is 16.0 Å². The number of hydrogen-bond donors (Lipinski definition) is 3. The highest BCUT2D eigenvalue weighted by Crippen LogP contribution is 2.31. The number of anilines is 1. The van der Waals surface area contributed by atoms with Crippen LogP contribution >= 0.6 is 11.8 Å². The van der Waals surface area contributed by atoms with E-state index in [1.54, 1.807) is 26.0 Å². The van der Waals surface area contributed by atoms with Gasteiger partial charge in [0.1, 0.15) is 0 Å². The zero-order valence-electron chi connectivity index (χ0n) is 14.8. The van der Waals surface area contributed by atoms with Gasteiger partial charge in [0, 0.05) is 23.1 Å². The van der Waals surface area contributed by atoms with Crippen molar-refractivity contribution in [2.45, 2.75) is 44.2 Å². The van der Waals surface area contributed by atoms with Crippen LogP contribution in [-0.2, 0) is 14.3 Å². The number of esters is 1. The summed E-state index contributed by atoms with van der Waals surface area (Å²) in [5.74, 6) is -0.901. The van der Waals surface area contributed by atoms with E-state index in [4.69, 9.17) is 4.74 Å². The van der Waals surface area contributed by atoms with Crippen molar-refractivity contribution in [2.75, 3.05) is 11.1 Å². The van der Waals surface area contributed by atoms with Gasteiger partial charge in [0.15, 0.2) is 6.10 Å². The molecule has 0 fully saturated rings. The van der Waals surface area contributed by atoms with E-state index >= 15 is 0 Å². The van der Waals surface area contributed by atoms with E-state index in [0.717, 1.165) is 4.90 Å². The van der Waals surface area contributed by atoms with E-state index in [0.29, 0.717) is 17.9 Å². The lowest BCUT2D eigenvalue weighted by Gasteiger charge is -2.15. The highest BCUT2D eigenvalue weighted by Gasteiger charge is 2.22. The summed E-state index contributed by atoms with van der Waals surface area (Å²) < 4.78 is 5.10. The molecule has 140 valence electrons. The lowest BCUT2D eigenvalue weighted by Crippen LogP contribution is -2.46. The molecule has 0 saturated heterocycles. The maximum Gasteiger partial charge on any atom is 0.338 e. The van der Waals surface area contributed by atoms with Crippen molar-refractivity contribution in [3.63, 3.8) is 0 Å². The molecule has 1 aliphatic rings. The molecular formula is C17H21N3O5S. The summed E-state index contributed by atoms with van der Waals surface area (Å²) in [5, 5.41) is 7.35. The Morgan fingerprint density at radius 2 is 1.96 bits per heavy atom. The zero-order chi connectivity index (χ0) is 19.3. The Morgan fingerprint density at radius 1 is 1.23 bits per heavy atom. The molecule has 1 atom stereocenters. The number of carbonyl (C=O) groups is 4. The lowest BCUT2D eigenvalue weighted by atomic mass is 10.2. The molecule has 0 aliphatic carbocycles. The summed E-state index contributed by atoms with van der Waals surface area (Å²) in [6.45, 7) is 4.88. The topological polar surface area (TPSA) is 114 Å². The number of urea groups is 1. The average molecular weight is 379 g/mol. The average Bonchev–Trinajstić information content (AvgIpc) is 2.73. The molecule has 0 bridgehead atoms. The molecule has 4 amide bonds. The molecule has 0 saturated carbocycles. The van der Waals surface area contributed by atoms with Crippen LogP contribution in [0.2, 0.25) is 0 Å². The van der Waals surface area contributed by atoms with Crippen molar-refractivity contribution in [1.29, 1.82) is 0 Å². The Morgan fingerprint density at radius 3 is 2.65 bits per heavy atom. The third-order valence-electron chi connectivity index (χ3n) is 3.39. The highest BCUT2D eigenvalue weighted by atomic mass is 32.2. The number of carbonyl (C=O) groups excluding carboxylic acids is 4. The number of ether oxygens (including phenoxy) is 1. The minimum atomic E-state index is -1.15. The Labute approximate surface area is 155 Å². The molecule has 1 aromatic carbocycles. The number of nitrogens with one attached hydrogen (secondary N) is 3. The fraction of sp³-hybridized carbons (Fsp3) is 0.412. The second-order valence-corrected chi connectivity index (χ2v) is 7.16. The van der Waals surface area contributed by atoms with Gasteiger partial charge in [-0.15, -0.1) is 11.8 Å². The Balaban J connectivity index is 2.00. The normalized spacial score (nSPS) is 14.5. The third kappa shape index (κ3) is 5.48. The minimum absolute atomic E-state index is 0.120. The molecule has 0 unspecified atom stereocenters. The smallest absolute Gasteiger partial charge is 0.338 e. The van der Waals surface area contributed by atoms with Crippen LogP contribution in [0, 0.1) is 0 Å². The molecule has 1 aromatic rings. The fourth-order valence-electron chi connectivity index (χ4n) is 2.14. The van der Waals surface area contributed by atoms with Gasteiger partial charge in [-0.25, -0.2) is 9.59 Å². The van der Waals surface area contributed by atoms with Gasteiger partial charge in [-0.05, 0) is 39.0 Å². The maximum atomic E-state index is 12.3. The molecule has 0 spiro atoms. The standard InChI is InChI=1S/C17H21N3O5S/c1-9(2)18-17(24)20-15(22)10(3)25-16(23)11-4-5-13-12(8-11)19-14(21)6-7-26-13/h4-5,8-10H,6-7H2,1-3H3,(H,19,21)(H2,18,20,22,24)/t10-/m1/s1. The number of benzene rings is 1. The van der Waals surface area contributed by atoms with Gasteiger partial charge in [0.05, 0.1) is 11.3 Å². The number of hydrogen-bond acceptors (Lipinski definition) is 6. The molecular weight excluding hydrogens is 358 g/mol. The Bertz CT molecular complexity index is 735. The van der Waals surface area contributed by atoms with Crippen molar-refractivity contribution in [1.82, 2.24) is 10.6 Å². The summed E-state index contributed by atoms with van der Waals surface area (Å²) in [5.41, 5.74) is 0.748. The number of fused-ring (bicyclic) bond motifs is 1. The zero-order valence-corrected chi connectivity index (χ0v) is 15.6. The van der Waals surface area contributed by atoms with Crippen LogP contribution in [-0.4, -0.2) is 41.7 Å². The van der Waals surface area contributed by atoms with Gasteiger partial charge in [-0.2, -0.15) is 0 Å². The van der Waals surface area contributed by atoms with Crippen LogP contribution in [0.3, 0.4) is 0 Å². The first-order valence-corrected chi connectivity index (χ1v) is 9.14. The molecule has 2 rings (SSSR count). The number of rotatable bonds is 4. The van der Waals surface area contributed by atoms with Crippen LogP contribution in [0.25, 0.3) is 0 Å². The van der Waals surface area contributed by atoms with Gasteiger partial charge in [-0.1, -0.05) is 0 Å². The predicted molar refractivity (Wildman–Crippen MR) is 97.1 cm³/mol. The first kappa shape index (κ1) is 19.8. The number of thioether (sulfide) groups is 1. The molecule has 9 heteroatoms. The molecule has 1 heterocycles. The van der Waals surface area contributed by atoms with E-state index < -0.39 is 24.0 Å². The second-order valence-electron chi connectivity index (χ2n) is 6.02. The van der Waals surface area contributed by atoms with Gasteiger partial charge >= 0.3 is 12.0 Å². The molecule has 8 nitrogen and oxygen atoms in total. The van der Waals surface area contributed by atoms with Gasteiger partial charge < -0.3 is 15.4 Å². The summed E-state index contributed by atoms with van der Waals surface area (Å²) in [6.07, 6.45) is -0.752. The first-order valence-electron chi connectivity index (χ1n) is 8.15. The quantitative estimate of drug-likeness (QED) is 0.689. The monoisotopic (exact) mass is 379 g/mol. The first-order chi connectivity index (χ1) is 12.3. The van der Waals surface area contributed by atoms with E-state index in [9.17, 15) is 19.2 Å². The Hall–Kier alpha value is -2.55. The Kier molecular flexibility index (Phi) is 6.62. The summed E-state index contributed by atoms with van der Waals surface area (Å²) >= 11 is 1.52. The van der Waals surface area contributed by atoms with Gasteiger partial charge in [0.2, 0.25) is 5.91 Å². The van der Waals surface area contributed by atoms with E-state index in [-0.39, 0.29) is 17.5 Å². The molecule has 3 N–H and O–H groups in total. The van der Waals surface area contributed by atoms with Crippen LogP contribution in [0.4, 0.5) is 10.5 Å². The van der Waals surface area contributed by atoms with Crippen molar-refractivity contribution < 1.29 is 23.9 Å². The molecule has 0 aromatic heterocycles. The molecule has 0 radical (unpaired) electrons. The van der Waals surface area contributed by atoms with Crippen molar-refractivity contribution in [3.05, 3.63) is 23.8 Å². The number of imide groups is 1. The van der Waals surface area contributed by atoms with Crippen molar-refractivity contribution in [3.8, 4) is 0 Å². The predicted octanol–water partition coefficient (Wildman–Crippen LogP) is 1.90. The van der Waals surface area contributed by atoms with E-state index in [2.05, 4.69) is 16.0 Å².